The van der Waals surface area contributed by atoms with Gasteiger partial charge in [0.25, 0.3) is 0 Å². The molecule has 36 heavy (non-hydrogen) atoms. The molecule has 0 radical (unpaired) electrons. The number of hydrogen-bond donors (Lipinski definition) is 2. The van der Waals surface area contributed by atoms with Crippen molar-refractivity contribution >= 4 is 34.3 Å². The number of carbonyl (C=O) groups is 1. The van der Waals surface area contributed by atoms with Gasteiger partial charge in [-0.05, 0) is 47.1 Å². The quantitative estimate of drug-likeness (QED) is 0.555. The molecule has 2 aliphatic heterocycles. The van der Waals surface area contributed by atoms with Gasteiger partial charge in [0.1, 0.15) is 23.6 Å². The zero-order chi connectivity index (χ0) is 27.1. The summed E-state index contributed by atoms with van der Waals surface area (Å²) in [6.07, 6.45) is -2.20. The van der Waals surface area contributed by atoms with E-state index in [4.69, 9.17) is 21.1 Å². The van der Waals surface area contributed by atoms with Crippen LogP contribution < -0.4 is 9.64 Å². The minimum Gasteiger partial charge on any atom is -0.472 e. The third kappa shape index (κ3) is 5.03. The van der Waals surface area contributed by atoms with Crippen LogP contribution in [-0.2, 0) is 4.74 Å². The van der Waals surface area contributed by atoms with Gasteiger partial charge in [0.05, 0.1) is 23.7 Å². The van der Waals surface area contributed by atoms with Gasteiger partial charge in [0, 0.05) is 24.5 Å². The fraction of sp³-hybridized carbons (Fsp3) is 0.640. The fourth-order valence-electron chi connectivity index (χ4n) is 4.63. The Morgan fingerprint density at radius 1 is 1.25 bits per heavy atom. The molecule has 2 aliphatic rings. The van der Waals surface area contributed by atoms with Gasteiger partial charge < -0.3 is 29.5 Å². The van der Waals surface area contributed by atoms with Gasteiger partial charge in [0.2, 0.25) is 5.88 Å². The van der Waals surface area contributed by atoms with Crippen LogP contribution >= 0.6 is 11.6 Å². The number of hydrogen-bond acceptors (Lipinski definition) is 8. The van der Waals surface area contributed by atoms with Crippen molar-refractivity contribution in [3.63, 3.8) is 0 Å². The number of anilines is 1. The van der Waals surface area contributed by atoms with Crippen molar-refractivity contribution < 1.29 is 28.9 Å². The van der Waals surface area contributed by atoms with E-state index in [9.17, 15) is 15.0 Å². The maximum atomic E-state index is 15.3. The van der Waals surface area contributed by atoms with E-state index in [1.165, 1.54) is 0 Å². The number of halogens is 2. The molecule has 0 bridgehead atoms. The van der Waals surface area contributed by atoms with Crippen LogP contribution in [0.3, 0.4) is 0 Å². The largest absolute Gasteiger partial charge is 0.472 e. The Morgan fingerprint density at radius 2 is 1.89 bits per heavy atom. The molecule has 2 aromatic heterocycles. The Hall–Kier alpha value is -2.43. The molecule has 4 heterocycles. The van der Waals surface area contributed by atoms with E-state index < -0.39 is 36.3 Å². The first-order chi connectivity index (χ1) is 16.8. The Bertz CT molecular complexity index is 1140. The number of fused-ring (bicyclic) bond motifs is 2. The van der Waals surface area contributed by atoms with E-state index in [0.717, 1.165) is 0 Å². The summed E-state index contributed by atoms with van der Waals surface area (Å²) >= 11 is 6.11. The first kappa shape index (κ1) is 28.1. The summed E-state index contributed by atoms with van der Waals surface area (Å²) in [6, 6.07) is -0.619. The summed E-state index contributed by atoms with van der Waals surface area (Å²) < 4.78 is 27.0. The SMILES string of the molecule is CC.Cc1c(C(O)CO)nc2c3c(nc(Cl)c(F)c13)O[C@@H](C)[C@@H]1CN(C(=O)OC(C)(C)C)C(C)CN21. The molecule has 0 spiro atoms. The summed E-state index contributed by atoms with van der Waals surface area (Å²) in [5.74, 6) is -0.246. The second-order valence-electron chi connectivity index (χ2n) is 9.94. The molecule has 2 aromatic rings. The van der Waals surface area contributed by atoms with E-state index >= 15 is 4.39 Å². The van der Waals surface area contributed by atoms with E-state index in [-0.39, 0.29) is 40.7 Å². The summed E-state index contributed by atoms with van der Waals surface area (Å²) in [6.45, 7) is 14.8. The number of piperazine rings is 1. The number of amides is 1. The minimum absolute atomic E-state index is 0.135. The first-order valence-corrected chi connectivity index (χ1v) is 12.6. The van der Waals surface area contributed by atoms with Gasteiger partial charge in [-0.25, -0.2) is 14.2 Å². The molecule has 0 aliphatic carbocycles. The first-order valence-electron chi connectivity index (χ1n) is 12.2. The van der Waals surface area contributed by atoms with Gasteiger partial charge in [-0.3, -0.25) is 0 Å². The van der Waals surface area contributed by atoms with Crippen molar-refractivity contribution in [3.8, 4) is 5.88 Å². The summed E-state index contributed by atoms with van der Waals surface area (Å²) in [4.78, 5) is 25.3. The molecule has 11 heteroatoms. The highest BCUT2D eigenvalue weighted by atomic mass is 35.5. The van der Waals surface area contributed by atoms with Crippen molar-refractivity contribution in [1.82, 2.24) is 14.9 Å². The van der Waals surface area contributed by atoms with Crippen molar-refractivity contribution in [2.45, 2.75) is 85.3 Å². The molecule has 9 nitrogen and oxygen atoms in total. The standard InChI is InChI=1S/C23H30ClFN4O5.C2H6/c1-10-7-29-13(8-28(10)22(32)34-23(4,5)6)12(3)33-21-16-15(17(25)19(24)27-21)11(2)18(14(31)9-30)26-20(16)29;1-2/h10,12-14,30-31H,7-9H2,1-6H3;1-2H3/t10?,12-,13-,14?;/m0./s1. The fourth-order valence-corrected chi connectivity index (χ4v) is 4.80. The minimum atomic E-state index is -1.31. The van der Waals surface area contributed by atoms with Gasteiger partial charge in [0.15, 0.2) is 11.0 Å². The number of rotatable bonds is 2. The Balaban J connectivity index is 0.00000176. The average Bonchev–Trinajstić information content (AvgIpc) is 2.91. The maximum absolute atomic E-state index is 15.3. The molecule has 4 atom stereocenters. The number of nitrogens with zero attached hydrogens (tertiary/aromatic N) is 4. The van der Waals surface area contributed by atoms with Crippen molar-refractivity contribution in [1.29, 1.82) is 0 Å². The molecule has 200 valence electrons. The van der Waals surface area contributed by atoms with Gasteiger partial charge in [-0.1, -0.05) is 25.4 Å². The van der Waals surface area contributed by atoms with Crippen LogP contribution in [0.25, 0.3) is 10.8 Å². The number of aliphatic hydroxyl groups excluding tert-OH is 2. The molecular weight excluding hydrogens is 491 g/mol. The second kappa shape index (κ2) is 10.5. The highest BCUT2D eigenvalue weighted by Gasteiger charge is 2.43. The van der Waals surface area contributed by atoms with Crippen LogP contribution in [0.2, 0.25) is 5.15 Å². The van der Waals surface area contributed by atoms with Crippen LogP contribution in [0.1, 0.15) is 65.8 Å². The number of aromatic nitrogens is 2. The predicted octanol–water partition coefficient (Wildman–Crippen LogP) is 4.38. The van der Waals surface area contributed by atoms with Crippen molar-refractivity contribution in [3.05, 3.63) is 22.2 Å². The summed E-state index contributed by atoms with van der Waals surface area (Å²) in [5, 5.41) is 20.1. The molecule has 2 N–H and O–H groups in total. The summed E-state index contributed by atoms with van der Waals surface area (Å²) in [7, 11) is 0. The number of ether oxygens (including phenoxy) is 2. The molecule has 0 saturated carbocycles. The van der Waals surface area contributed by atoms with Crippen molar-refractivity contribution in [2.75, 3.05) is 24.6 Å². The lowest BCUT2D eigenvalue weighted by Crippen LogP contribution is -2.63. The van der Waals surface area contributed by atoms with Crippen LogP contribution in [0.15, 0.2) is 0 Å². The average molecular weight is 527 g/mol. The molecule has 1 fully saturated rings. The number of aryl methyl sites for hydroxylation is 1. The molecule has 4 rings (SSSR count). The third-order valence-corrected chi connectivity index (χ3v) is 6.53. The highest BCUT2D eigenvalue weighted by Crippen LogP contribution is 2.44. The van der Waals surface area contributed by atoms with Crippen LogP contribution in [0.4, 0.5) is 15.0 Å². The van der Waals surface area contributed by atoms with Crippen molar-refractivity contribution in [2.24, 2.45) is 0 Å². The zero-order valence-corrected chi connectivity index (χ0v) is 22.9. The smallest absolute Gasteiger partial charge is 0.410 e. The lowest BCUT2D eigenvalue weighted by atomic mass is 10.00. The van der Waals surface area contributed by atoms with Crippen LogP contribution in [0.5, 0.6) is 5.88 Å². The van der Waals surface area contributed by atoms with E-state index in [1.807, 2.05) is 53.4 Å². The van der Waals surface area contributed by atoms with Gasteiger partial charge >= 0.3 is 6.09 Å². The molecule has 0 aromatic carbocycles. The Kier molecular flexibility index (Phi) is 8.22. The topological polar surface area (TPSA) is 108 Å². The number of carbonyl (C=O) groups excluding carboxylic acids is 1. The summed E-state index contributed by atoms with van der Waals surface area (Å²) in [5.41, 5.74) is -0.153. The van der Waals surface area contributed by atoms with E-state index in [2.05, 4.69) is 9.97 Å². The van der Waals surface area contributed by atoms with E-state index in [0.29, 0.717) is 23.3 Å². The monoisotopic (exact) mass is 526 g/mol. The normalized spacial score (nSPS) is 22.2. The molecular formula is C25H36ClFN4O5. The predicted molar refractivity (Wildman–Crippen MR) is 136 cm³/mol. The number of aliphatic hydroxyl groups is 2. The Morgan fingerprint density at radius 3 is 2.47 bits per heavy atom. The van der Waals surface area contributed by atoms with E-state index in [1.54, 1.807) is 11.8 Å². The second-order valence-corrected chi connectivity index (χ2v) is 10.3. The lowest BCUT2D eigenvalue weighted by Gasteiger charge is -2.46. The lowest BCUT2D eigenvalue weighted by molar-refractivity contribution is 0.00763. The van der Waals surface area contributed by atoms with Gasteiger partial charge in [-0.15, -0.1) is 0 Å². The third-order valence-electron chi connectivity index (χ3n) is 6.28. The zero-order valence-electron chi connectivity index (χ0n) is 22.1. The molecule has 1 amide bonds. The molecule has 1 saturated heterocycles. The number of pyridine rings is 2. The maximum Gasteiger partial charge on any atom is 0.410 e. The highest BCUT2D eigenvalue weighted by molar-refractivity contribution is 6.30. The van der Waals surface area contributed by atoms with Crippen LogP contribution in [0, 0.1) is 12.7 Å². The van der Waals surface area contributed by atoms with Gasteiger partial charge in [-0.2, -0.15) is 4.98 Å². The van der Waals surface area contributed by atoms with Crippen LogP contribution in [-0.4, -0.2) is 74.7 Å². The Labute approximate surface area is 216 Å². The molecule has 2 unspecified atom stereocenters.